The van der Waals surface area contributed by atoms with Gasteiger partial charge < -0.3 is 24.8 Å². The third-order valence-corrected chi connectivity index (χ3v) is 4.64. The van der Waals surface area contributed by atoms with Gasteiger partial charge in [0.1, 0.15) is 0 Å². The van der Waals surface area contributed by atoms with Gasteiger partial charge >= 0.3 is 12.1 Å². The van der Waals surface area contributed by atoms with Crippen molar-refractivity contribution in [3.8, 4) is 5.88 Å². The Bertz CT molecular complexity index is 831. The van der Waals surface area contributed by atoms with E-state index in [0.717, 1.165) is 16.5 Å². The first-order valence-corrected chi connectivity index (χ1v) is 8.91. The van der Waals surface area contributed by atoms with E-state index in [1.54, 1.807) is 35.9 Å². The van der Waals surface area contributed by atoms with Gasteiger partial charge in [0.15, 0.2) is 0 Å². The quantitative estimate of drug-likeness (QED) is 0.892. The fourth-order valence-corrected chi connectivity index (χ4v) is 3.14. The monoisotopic (exact) mass is 371 g/mol. The lowest BCUT2D eigenvalue weighted by molar-refractivity contribution is 0.128. The number of hydrogen-bond donors (Lipinski definition) is 1. The number of para-hydroxylation sites is 1. The summed E-state index contributed by atoms with van der Waals surface area (Å²) in [6.45, 7) is 2.50. The van der Waals surface area contributed by atoms with E-state index in [1.165, 1.54) is 0 Å². The Balaban J connectivity index is 1.62. The average Bonchev–Trinajstić information content (AvgIpc) is 2.70. The van der Waals surface area contributed by atoms with E-state index in [4.69, 9.17) is 4.74 Å². The van der Waals surface area contributed by atoms with Gasteiger partial charge in [-0.25, -0.2) is 14.6 Å². The van der Waals surface area contributed by atoms with Crippen LogP contribution in [0.1, 0.15) is 5.56 Å². The molecule has 1 aromatic carbocycles. The van der Waals surface area contributed by atoms with E-state index in [-0.39, 0.29) is 12.1 Å². The molecule has 2 heterocycles. The van der Waals surface area contributed by atoms with Gasteiger partial charge in [0.2, 0.25) is 5.88 Å². The fraction of sp³-hybridized carbons (Fsp3) is 0.421. The molecular formula is C19H25N5O3. The van der Waals surface area contributed by atoms with Gasteiger partial charge in [-0.05, 0) is 11.6 Å². The molecule has 144 valence electrons. The fourth-order valence-electron chi connectivity index (χ4n) is 3.14. The Morgan fingerprint density at radius 3 is 2.48 bits per heavy atom. The maximum absolute atomic E-state index is 12.5. The Labute approximate surface area is 158 Å². The highest BCUT2D eigenvalue weighted by Crippen LogP contribution is 2.21. The molecule has 0 bridgehead atoms. The molecule has 1 aromatic heterocycles. The van der Waals surface area contributed by atoms with Gasteiger partial charge in [0, 0.05) is 58.3 Å². The molecule has 27 heavy (non-hydrogen) atoms. The van der Waals surface area contributed by atoms with Crippen molar-refractivity contribution in [1.29, 1.82) is 0 Å². The first-order chi connectivity index (χ1) is 13.0. The number of hydrogen-bond acceptors (Lipinski definition) is 4. The van der Waals surface area contributed by atoms with Crippen molar-refractivity contribution in [3.63, 3.8) is 0 Å². The molecule has 2 aromatic rings. The summed E-state index contributed by atoms with van der Waals surface area (Å²) >= 11 is 0. The van der Waals surface area contributed by atoms with E-state index in [1.807, 2.05) is 30.3 Å². The number of aromatic nitrogens is 1. The van der Waals surface area contributed by atoms with Crippen LogP contribution in [0.15, 0.2) is 30.3 Å². The summed E-state index contributed by atoms with van der Waals surface area (Å²) in [5.41, 5.74) is 1.78. The number of nitrogens with zero attached hydrogens (tertiary/aromatic N) is 4. The van der Waals surface area contributed by atoms with Gasteiger partial charge in [-0.2, -0.15) is 0 Å². The number of fused-ring (bicyclic) bond motifs is 1. The van der Waals surface area contributed by atoms with Crippen LogP contribution in [0, 0.1) is 0 Å². The Morgan fingerprint density at radius 2 is 1.81 bits per heavy atom. The number of amides is 4. The predicted molar refractivity (Wildman–Crippen MR) is 103 cm³/mol. The Hall–Kier alpha value is -3.03. The lowest BCUT2D eigenvalue weighted by Crippen LogP contribution is -2.54. The van der Waals surface area contributed by atoms with Crippen molar-refractivity contribution < 1.29 is 14.3 Å². The molecule has 0 radical (unpaired) electrons. The number of benzene rings is 1. The SMILES string of the molecule is COc1cc(CNC(=O)N2CCN(C(=O)N(C)C)CC2)c2ccccc2n1. The molecule has 1 N–H and O–H groups in total. The van der Waals surface area contributed by atoms with Crippen molar-refractivity contribution in [2.45, 2.75) is 6.54 Å². The van der Waals surface area contributed by atoms with Crippen LogP contribution in [-0.4, -0.2) is 79.1 Å². The topological polar surface area (TPSA) is 78.0 Å². The van der Waals surface area contributed by atoms with Crippen molar-refractivity contribution in [2.24, 2.45) is 0 Å². The van der Waals surface area contributed by atoms with Gasteiger partial charge in [-0.1, -0.05) is 18.2 Å². The predicted octanol–water partition coefficient (Wildman–Crippen LogP) is 1.75. The summed E-state index contributed by atoms with van der Waals surface area (Å²) in [7, 11) is 5.04. The Morgan fingerprint density at radius 1 is 1.15 bits per heavy atom. The normalized spacial score (nSPS) is 14.2. The molecule has 0 atom stereocenters. The summed E-state index contributed by atoms with van der Waals surface area (Å²) in [5.74, 6) is 0.522. The molecule has 0 spiro atoms. The van der Waals surface area contributed by atoms with E-state index in [2.05, 4.69) is 10.3 Å². The first-order valence-electron chi connectivity index (χ1n) is 8.91. The van der Waals surface area contributed by atoms with Crippen LogP contribution < -0.4 is 10.1 Å². The average molecular weight is 371 g/mol. The largest absolute Gasteiger partial charge is 0.481 e. The van der Waals surface area contributed by atoms with E-state index >= 15 is 0 Å². The van der Waals surface area contributed by atoms with E-state index in [0.29, 0.717) is 38.6 Å². The smallest absolute Gasteiger partial charge is 0.319 e. The van der Waals surface area contributed by atoms with Gasteiger partial charge in [-0.15, -0.1) is 0 Å². The minimum atomic E-state index is -0.133. The molecule has 1 aliphatic rings. The highest BCUT2D eigenvalue weighted by atomic mass is 16.5. The summed E-state index contributed by atoms with van der Waals surface area (Å²) in [5, 5.41) is 3.95. The lowest BCUT2D eigenvalue weighted by atomic mass is 10.1. The summed E-state index contributed by atoms with van der Waals surface area (Å²) in [4.78, 5) is 34.0. The molecular weight excluding hydrogens is 346 g/mol. The van der Waals surface area contributed by atoms with Crippen LogP contribution in [0.4, 0.5) is 9.59 Å². The van der Waals surface area contributed by atoms with E-state index in [9.17, 15) is 9.59 Å². The van der Waals surface area contributed by atoms with E-state index < -0.39 is 0 Å². The molecule has 0 unspecified atom stereocenters. The molecule has 8 heteroatoms. The number of rotatable bonds is 3. The summed E-state index contributed by atoms with van der Waals surface area (Å²) < 4.78 is 5.26. The molecule has 0 saturated carbocycles. The van der Waals surface area contributed by atoms with Gasteiger partial charge in [-0.3, -0.25) is 0 Å². The lowest BCUT2D eigenvalue weighted by Gasteiger charge is -2.35. The maximum atomic E-state index is 12.5. The van der Waals surface area contributed by atoms with Crippen LogP contribution >= 0.6 is 0 Å². The first kappa shape index (κ1) is 18.8. The molecule has 1 aliphatic heterocycles. The minimum Gasteiger partial charge on any atom is -0.481 e. The maximum Gasteiger partial charge on any atom is 0.319 e. The van der Waals surface area contributed by atoms with Crippen LogP contribution in [-0.2, 0) is 6.54 Å². The zero-order chi connectivity index (χ0) is 19.4. The number of carbonyl (C=O) groups excluding carboxylic acids is 2. The standard InChI is InChI=1S/C19H25N5O3/c1-22(2)19(26)24-10-8-23(9-11-24)18(25)20-13-14-12-17(27-3)21-16-7-5-4-6-15(14)16/h4-7,12H,8-11,13H2,1-3H3,(H,20,25). The number of urea groups is 2. The van der Waals surface area contributed by atoms with Crippen LogP contribution in [0.25, 0.3) is 10.9 Å². The number of methoxy groups -OCH3 is 1. The highest BCUT2D eigenvalue weighted by molar-refractivity contribution is 5.83. The molecule has 4 amide bonds. The number of piperazine rings is 1. The second-order valence-corrected chi connectivity index (χ2v) is 6.65. The third-order valence-electron chi connectivity index (χ3n) is 4.64. The number of nitrogens with one attached hydrogen (secondary N) is 1. The van der Waals surface area contributed by atoms with Crippen LogP contribution in [0.3, 0.4) is 0 Å². The van der Waals surface area contributed by atoms with Crippen molar-refractivity contribution >= 4 is 23.0 Å². The molecule has 1 fully saturated rings. The Kier molecular flexibility index (Phi) is 5.63. The number of pyridine rings is 1. The third kappa shape index (κ3) is 4.21. The molecule has 1 saturated heterocycles. The van der Waals surface area contributed by atoms with Crippen molar-refractivity contribution in [2.75, 3.05) is 47.4 Å². The zero-order valence-electron chi connectivity index (χ0n) is 15.9. The molecule has 0 aliphatic carbocycles. The molecule has 8 nitrogen and oxygen atoms in total. The van der Waals surface area contributed by atoms with Crippen molar-refractivity contribution in [1.82, 2.24) is 25.0 Å². The summed E-state index contributed by atoms with van der Waals surface area (Å²) in [6.07, 6.45) is 0. The van der Waals surface area contributed by atoms with Gasteiger partial charge in [0.05, 0.1) is 12.6 Å². The molecule has 3 rings (SSSR count). The zero-order valence-corrected chi connectivity index (χ0v) is 15.9. The van der Waals surface area contributed by atoms with Crippen molar-refractivity contribution in [3.05, 3.63) is 35.9 Å². The second kappa shape index (κ2) is 8.11. The van der Waals surface area contributed by atoms with Gasteiger partial charge in [0.25, 0.3) is 0 Å². The minimum absolute atomic E-state index is 0.0228. The second-order valence-electron chi connectivity index (χ2n) is 6.65. The van der Waals surface area contributed by atoms with Crippen LogP contribution in [0.2, 0.25) is 0 Å². The number of ether oxygens (including phenoxy) is 1. The number of carbonyl (C=O) groups is 2. The summed E-state index contributed by atoms with van der Waals surface area (Å²) in [6, 6.07) is 9.46. The van der Waals surface area contributed by atoms with Crippen LogP contribution in [0.5, 0.6) is 5.88 Å². The highest BCUT2D eigenvalue weighted by Gasteiger charge is 2.24.